The van der Waals surface area contributed by atoms with Gasteiger partial charge >= 0.3 is 0 Å². The number of aliphatic hydroxyl groups is 1. The smallest absolute Gasteiger partial charge is 0.0612 e. The summed E-state index contributed by atoms with van der Waals surface area (Å²) in [6, 6.07) is 0. The van der Waals surface area contributed by atoms with Crippen LogP contribution in [0.2, 0.25) is 0 Å². The van der Waals surface area contributed by atoms with Crippen molar-refractivity contribution in [3.63, 3.8) is 0 Å². The molecule has 4 heteroatoms. The fourth-order valence-corrected chi connectivity index (χ4v) is 1.26. The zero-order chi connectivity index (χ0) is 7.61. The number of hydrogen-bond acceptors (Lipinski definition) is 4. The highest BCUT2D eigenvalue weighted by Crippen LogP contribution is 2.15. The van der Waals surface area contributed by atoms with E-state index in [0.29, 0.717) is 6.42 Å². The van der Waals surface area contributed by atoms with E-state index in [-0.39, 0.29) is 12.8 Å². The van der Waals surface area contributed by atoms with E-state index in [2.05, 4.69) is 5.32 Å². The molecule has 2 atom stereocenters. The highest BCUT2D eigenvalue weighted by atomic mass is 16.3. The van der Waals surface area contributed by atoms with Gasteiger partial charge in [0, 0.05) is 5.54 Å². The van der Waals surface area contributed by atoms with E-state index in [1.54, 1.807) is 0 Å². The van der Waals surface area contributed by atoms with Crippen LogP contribution in [0.25, 0.3) is 0 Å². The van der Waals surface area contributed by atoms with Crippen molar-refractivity contribution in [1.82, 2.24) is 5.32 Å². The highest BCUT2D eigenvalue weighted by molar-refractivity contribution is 4.91. The number of rotatable bonds is 1. The predicted octanol–water partition coefficient (Wildman–Crippen LogP) is -1.66. The zero-order valence-corrected chi connectivity index (χ0v) is 6.01. The number of hydrogen-bond donors (Lipinski definition) is 4. The van der Waals surface area contributed by atoms with Gasteiger partial charge in [-0.1, -0.05) is 0 Å². The van der Waals surface area contributed by atoms with Gasteiger partial charge in [0.2, 0.25) is 0 Å². The normalized spacial score (nSPS) is 41.7. The van der Waals surface area contributed by atoms with Gasteiger partial charge in [0.1, 0.15) is 0 Å². The Morgan fingerprint density at radius 3 is 2.80 bits per heavy atom. The third kappa shape index (κ3) is 1.67. The van der Waals surface area contributed by atoms with Crippen molar-refractivity contribution in [1.29, 1.82) is 0 Å². The maximum Gasteiger partial charge on any atom is 0.0612 e. The summed E-state index contributed by atoms with van der Waals surface area (Å²) in [4.78, 5) is 0. The number of nitrogens with two attached hydrogens (primary N) is 2. The summed E-state index contributed by atoms with van der Waals surface area (Å²) in [5, 5.41) is 11.9. The van der Waals surface area contributed by atoms with Crippen molar-refractivity contribution in [2.45, 2.75) is 24.5 Å². The lowest BCUT2D eigenvalue weighted by atomic mass is 9.89. The molecule has 1 aliphatic rings. The number of nitrogens with one attached hydrogen (secondary N) is 1. The average Bonchev–Trinajstić information content (AvgIpc) is 1.88. The fraction of sp³-hybridized carbons (Fsp3) is 1.00. The van der Waals surface area contributed by atoms with Crippen LogP contribution in [0.5, 0.6) is 0 Å². The molecule has 0 amide bonds. The van der Waals surface area contributed by atoms with Gasteiger partial charge in [-0.25, -0.2) is 0 Å². The van der Waals surface area contributed by atoms with Crippen LogP contribution in [-0.2, 0) is 0 Å². The van der Waals surface area contributed by atoms with E-state index in [4.69, 9.17) is 16.6 Å². The summed E-state index contributed by atoms with van der Waals surface area (Å²) in [6.45, 7) is 0.834. The molecular formula is C6H15N3O. The summed E-state index contributed by atoms with van der Waals surface area (Å²) >= 11 is 0. The molecular weight excluding hydrogens is 130 g/mol. The Bertz CT molecular complexity index is 120. The largest absolute Gasteiger partial charge is 0.394 e. The standard InChI is InChI=1S/C6H15N3O/c7-5-3-6(8,4-10)1-2-9-5/h5,9-10H,1-4,7-8H2. The van der Waals surface area contributed by atoms with Crippen LogP contribution in [0.4, 0.5) is 0 Å². The molecule has 1 aliphatic heterocycles. The molecule has 10 heavy (non-hydrogen) atoms. The van der Waals surface area contributed by atoms with E-state index in [1.807, 2.05) is 0 Å². The van der Waals surface area contributed by atoms with Crippen LogP contribution >= 0.6 is 0 Å². The van der Waals surface area contributed by atoms with Gasteiger partial charge in [-0.05, 0) is 19.4 Å². The first-order chi connectivity index (χ1) is 4.66. The Labute approximate surface area is 60.6 Å². The topological polar surface area (TPSA) is 84.3 Å². The molecule has 2 unspecified atom stereocenters. The second kappa shape index (κ2) is 2.84. The van der Waals surface area contributed by atoms with E-state index in [0.717, 1.165) is 13.0 Å². The molecule has 4 nitrogen and oxygen atoms in total. The monoisotopic (exact) mass is 145 g/mol. The molecule has 0 aromatic heterocycles. The molecule has 6 N–H and O–H groups in total. The van der Waals surface area contributed by atoms with Crippen LogP contribution in [-0.4, -0.2) is 30.0 Å². The molecule has 1 fully saturated rings. The second-order valence-electron chi connectivity index (χ2n) is 3.04. The Morgan fingerprint density at radius 1 is 1.70 bits per heavy atom. The van der Waals surface area contributed by atoms with Crippen LogP contribution in [0.1, 0.15) is 12.8 Å². The second-order valence-corrected chi connectivity index (χ2v) is 3.04. The maximum atomic E-state index is 8.86. The van der Waals surface area contributed by atoms with Gasteiger partial charge in [-0.2, -0.15) is 0 Å². The predicted molar refractivity (Wildman–Crippen MR) is 39.2 cm³/mol. The van der Waals surface area contributed by atoms with Crippen molar-refractivity contribution in [2.75, 3.05) is 13.2 Å². The first-order valence-electron chi connectivity index (χ1n) is 3.55. The molecule has 0 aliphatic carbocycles. The zero-order valence-electron chi connectivity index (χ0n) is 6.01. The fourth-order valence-electron chi connectivity index (χ4n) is 1.26. The summed E-state index contributed by atoms with van der Waals surface area (Å²) < 4.78 is 0. The van der Waals surface area contributed by atoms with Crippen LogP contribution in [0.3, 0.4) is 0 Å². The molecule has 1 rings (SSSR count). The van der Waals surface area contributed by atoms with Gasteiger partial charge < -0.3 is 21.9 Å². The Kier molecular flexibility index (Phi) is 2.25. The van der Waals surface area contributed by atoms with Crippen LogP contribution in [0, 0.1) is 0 Å². The van der Waals surface area contributed by atoms with Crippen LogP contribution < -0.4 is 16.8 Å². The minimum absolute atomic E-state index is 0.0301. The average molecular weight is 145 g/mol. The number of aliphatic hydroxyl groups excluding tert-OH is 1. The maximum absolute atomic E-state index is 8.86. The van der Waals surface area contributed by atoms with Crippen molar-refractivity contribution in [2.24, 2.45) is 11.5 Å². The first kappa shape index (κ1) is 7.94. The minimum Gasteiger partial charge on any atom is -0.394 e. The first-order valence-corrected chi connectivity index (χ1v) is 3.55. The Balaban J connectivity index is 2.45. The Morgan fingerprint density at radius 2 is 2.40 bits per heavy atom. The summed E-state index contributed by atoms with van der Waals surface area (Å²) in [7, 11) is 0. The molecule has 0 saturated carbocycles. The molecule has 1 heterocycles. The van der Waals surface area contributed by atoms with Crippen molar-refractivity contribution < 1.29 is 5.11 Å². The van der Waals surface area contributed by atoms with Gasteiger partial charge in [0.15, 0.2) is 0 Å². The van der Waals surface area contributed by atoms with Crippen molar-refractivity contribution in [3.8, 4) is 0 Å². The van der Waals surface area contributed by atoms with Crippen molar-refractivity contribution in [3.05, 3.63) is 0 Å². The lowest BCUT2D eigenvalue weighted by Crippen LogP contribution is -2.58. The molecule has 0 bridgehead atoms. The van der Waals surface area contributed by atoms with Crippen molar-refractivity contribution >= 4 is 0 Å². The summed E-state index contributed by atoms with van der Waals surface area (Å²) in [5.41, 5.74) is 10.9. The highest BCUT2D eigenvalue weighted by Gasteiger charge is 2.29. The SMILES string of the molecule is NC1CC(N)(CO)CCN1. The van der Waals surface area contributed by atoms with Crippen LogP contribution in [0.15, 0.2) is 0 Å². The van der Waals surface area contributed by atoms with Gasteiger partial charge in [0.25, 0.3) is 0 Å². The third-order valence-corrected chi connectivity index (χ3v) is 1.97. The molecule has 0 radical (unpaired) electrons. The third-order valence-electron chi connectivity index (χ3n) is 1.97. The molecule has 1 saturated heterocycles. The van der Waals surface area contributed by atoms with Gasteiger partial charge in [-0.15, -0.1) is 0 Å². The molecule has 0 aromatic carbocycles. The number of piperidine rings is 1. The Hall–Kier alpha value is -0.160. The van der Waals surface area contributed by atoms with Gasteiger partial charge in [0.05, 0.1) is 12.8 Å². The molecule has 0 aromatic rings. The lowest BCUT2D eigenvalue weighted by Gasteiger charge is -2.35. The van der Waals surface area contributed by atoms with E-state index >= 15 is 0 Å². The summed E-state index contributed by atoms with van der Waals surface area (Å²) in [6.07, 6.45) is 1.41. The van der Waals surface area contributed by atoms with E-state index < -0.39 is 5.54 Å². The van der Waals surface area contributed by atoms with Gasteiger partial charge in [-0.3, -0.25) is 0 Å². The van der Waals surface area contributed by atoms with E-state index in [1.165, 1.54) is 0 Å². The molecule has 60 valence electrons. The lowest BCUT2D eigenvalue weighted by molar-refractivity contribution is 0.144. The minimum atomic E-state index is -0.440. The molecule has 0 spiro atoms. The quantitative estimate of drug-likeness (QED) is 0.356. The summed E-state index contributed by atoms with van der Waals surface area (Å²) in [5.74, 6) is 0. The van der Waals surface area contributed by atoms with E-state index in [9.17, 15) is 0 Å².